The molecule has 0 atom stereocenters. The third kappa shape index (κ3) is 3.90. The van der Waals surface area contributed by atoms with E-state index in [0.717, 1.165) is 36.5 Å². The standard InChI is InChI=1S/C19H22FN/c1-14-7-10-17(12-18(14)20)19(11-15-8-9-15)21-13-16-5-3-2-4-6-16/h3,5-7,10,12,15H,2,4,8-9,11,13H2,1H3/b21-19+. The first-order valence-corrected chi connectivity index (χ1v) is 7.88. The summed E-state index contributed by atoms with van der Waals surface area (Å²) in [6.07, 6.45) is 12.4. The average molecular weight is 283 g/mol. The monoisotopic (exact) mass is 283 g/mol. The van der Waals surface area contributed by atoms with Gasteiger partial charge in [-0.2, -0.15) is 0 Å². The maximum absolute atomic E-state index is 13.8. The molecule has 0 N–H and O–H groups in total. The lowest BCUT2D eigenvalue weighted by molar-refractivity contribution is 0.618. The van der Waals surface area contributed by atoms with E-state index in [1.807, 2.05) is 12.1 Å². The van der Waals surface area contributed by atoms with Crippen LogP contribution < -0.4 is 0 Å². The van der Waals surface area contributed by atoms with Gasteiger partial charge >= 0.3 is 0 Å². The van der Waals surface area contributed by atoms with Gasteiger partial charge in [-0.1, -0.05) is 30.4 Å². The topological polar surface area (TPSA) is 12.4 Å². The Balaban J connectivity index is 1.80. The number of aryl methyl sites for hydroxylation is 1. The maximum Gasteiger partial charge on any atom is 0.126 e. The molecule has 2 aliphatic carbocycles. The van der Waals surface area contributed by atoms with Crippen LogP contribution in [-0.2, 0) is 0 Å². The molecule has 0 aromatic heterocycles. The number of hydrogen-bond donors (Lipinski definition) is 0. The molecular weight excluding hydrogens is 261 g/mol. The molecule has 0 aliphatic heterocycles. The molecule has 3 rings (SSSR count). The van der Waals surface area contributed by atoms with E-state index in [1.165, 1.54) is 18.4 Å². The molecule has 1 aromatic rings. The normalized spacial score (nSPS) is 18.8. The molecule has 2 heteroatoms. The fourth-order valence-electron chi connectivity index (χ4n) is 2.61. The van der Waals surface area contributed by atoms with Gasteiger partial charge in [0, 0.05) is 5.71 Å². The van der Waals surface area contributed by atoms with Crippen LogP contribution in [0.2, 0.25) is 0 Å². The van der Waals surface area contributed by atoms with Crippen LogP contribution in [0.4, 0.5) is 4.39 Å². The number of hydrogen-bond acceptors (Lipinski definition) is 1. The zero-order chi connectivity index (χ0) is 14.7. The van der Waals surface area contributed by atoms with Crippen LogP contribution in [0.25, 0.3) is 0 Å². The summed E-state index contributed by atoms with van der Waals surface area (Å²) in [4.78, 5) is 4.80. The summed E-state index contributed by atoms with van der Waals surface area (Å²) < 4.78 is 13.8. The second kappa shape index (κ2) is 6.38. The van der Waals surface area contributed by atoms with Gasteiger partial charge in [0.2, 0.25) is 0 Å². The number of nitrogens with zero attached hydrogens (tertiary/aromatic N) is 1. The Hall–Kier alpha value is -1.70. The van der Waals surface area contributed by atoms with E-state index in [-0.39, 0.29) is 5.82 Å². The van der Waals surface area contributed by atoms with Crippen LogP contribution in [0.15, 0.2) is 47.0 Å². The van der Waals surface area contributed by atoms with E-state index >= 15 is 0 Å². The summed E-state index contributed by atoms with van der Waals surface area (Å²) in [6, 6.07) is 5.50. The molecule has 0 heterocycles. The van der Waals surface area contributed by atoms with Gasteiger partial charge in [0.15, 0.2) is 0 Å². The molecule has 0 bridgehead atoms. The third-order valence-electron chi connectivity index (χ3n) is 4.21. The Morgan fingerprint density at radius 1 is 1.29 bits per heavy atom. The molecule has 1 aromatic carbocycles. The molecule has 0 saturated heterocycles. The minimum atomic E-state index is -0.132. The molecule has 1 nitrogen and oxygen atoms in total. The van der Waals surface area contributed by atoms with Crippen LogP contribution in [0.5, 0.6) is 0 Å². The fraction of sp³-hybridized carbons (Fsp3) is 0.421. The van der Waals surface area contributed by atoms with Crippen molar-refractivity contribution in [3.05, 3.63) is 58.9 Å². The smallest absolute Gasteiger partial charge is 0.126 e. The first kappa shape index (κ1) is 14.2. The number of allylic oxidation sites excluding steroid dienone is 2. The SMILES string of the molecule is Cc1ccc(/C(CC2CC2)=N/CC2=CCCC=C2)cc1F. The summed E-state index contributed by atoms with van der Waals surface area (Å²) in [6.45, 7) is 2.52. The molecule has 0 amide bonds. The first-order chi connectivity index (χ1) is 10.2. The molecule has 0 spiro atoms. The number of aliphatic imine (C=N–C) groups is 1. The molecular formula is C19H22FN. The van der Waals surface area contributed by atoms with Crippen molar-refractivity contribution >= 4 is 5.71 Å². The number of halogens is 1. The van der Waals surface area contributed by atoms with Gasteiger partial charge in [0.1, 0.15) is 5.82 Å². The van der Waals surface area contributed by atoms with E-state index in [4.69, 9.17) is 4.99 Å². The quantitative estimate of drug-likeness (QED) is 0.674. The number of rotatable bonds is 5. The predicted octanol–water partition coefficient (Wildman–Crippen LogP) is 5.00. The van der Waals surface area contributed by atoms with Gasteiger partial charge in [-0.3, -0.25) is 4.99 Å². The highest BCUT2D eigenvalue weighted by atomic mass is 19.1. The molecule has 1 saturated carbocycles. The summed E-state index contributed by atoms with van der Waals surface area (Å²) >= 11 is 0. The zero-order valence-electron chi connectivity index (χ0n) is 12.6. The van der Waals surface area contributed by atoms with E-state index in [9.17, 15) is 4.39 Å². The minimum absolute atomic E-state index is 0.132. The van der Waals surface area contributed by atoms with Crippen LogP contribution in [-0.4, -0.2) is 12.3 Å². The second-order valence-corrected chi connectivity index (χ2v) is 6.13. The van der Waals surface area contributed by atoms with Crippen LogP contribution in [0.1, 0.15) is 43.2 Å². The van der Waals surface area contributed by atoms with Crippen molar-refractivity contribution in [1.82, 2.24) is 0 Å². The second-order valence-electron chi connectivity index (χ2n) is 6.13. The molecule has 1 fully saturated rings. The summed E-state index contributed by atoms with van der Waals surface area (Å²) in [5, 5.41) is 0. The zero-order valence-corrected chi connectivity index (χ0v) is 12.6. The Labute approximate surface area is 126 Å². The lowest BCUT2D eigenvalue weighted by Crippen LogP contribution is -2.05. The average Bonchev–Trinajstić information content (AvgIpc) is 3.31. The molecule has 110 valence electrons. The highest BCUT2D eigenvalue weighted by Crippen LogP contribution is 2.34. The molecule has 0 radical (unpaired) electrons. The Kier molecular flexibility index (Phi) is 4.33. The highest BCUT2D eigenvalue weighted by molar-refractivity contribution is 6.01. The lowest BCUT2D eigenvalue weighted by atomic mass is 10.0. The Morgan fingerprint density at radius 3 is 2.81 bits per heavy atom. The maximum atomic E-state index is 13.8. The Bertz CT molecular complexity index is 606. The molecule has 21 heavy (non-hydrogen) atoms. The van der Waals surface area contributed by atoms with Crippen molar-refractivity contribution in [2.24, 2.45) is 10.9 Å². The van der Waals surface area contributed by atoms with E-state index in [0.29, 0.717) is 12.1 Å². The van der Waals surface area contributed by atoms with Gasteiger partial charge in [0.25, 0.3) is 0 Å². The Morgan fingerprint density at radius 2 is 2.14 bits per heavy atom. The summed E-state index contributed by atoms with van der Waals surface area (Å²) in [7, 11) is 0. The van der Waals surface area contributed by atoms with Gasteiger partial charge in [-0.05, 0) is 67.7 Å². The van der Waals surface area contributed by atoms with E-state index < -0.39 is 0 Å². The largest absolute Gasteiger partial charge is 0.284 e. The van der Waals surface area contributed by atoms with Crippen molar-refractivity contribution in [2.45, 2.75) is 39.0 Å². The molecule has 2 aliphatic rings. The minimum Gasteiger partial charge on any atom is -0.284 e. The van der Waals surface area contributed by atoms with E-state index in [1.54, 1.807) is 13.0 Å². The van der Waals surface area contributed by atoms with Crippen LogP contribution >= 0.6 is 0 Å². The summed E-state index contributed by atoms with van der Waals surface area (Å²) in [5.74, 6) is 0.622. The van der Waals surface area contributed by atoms with Crippen molar-refractivity contribution in [1.29, 1.82) is 0 Å². The molecule has 0 unspecified atom stereocenters. The fourth-order valence-corrected chi connectivity index (χ4v) is 2.61. The van der Waals surface area contributed by atoms with Gasteiger partial charge in [-0.15, -0.1) is 0 Å². The van der Waals surface area contributed by atoms with Crippen molar-refractivity contribution in [2.75, 3.05) is 6.54 Å². The lowest BCUT2D eigenvalue weighted by Gasteiger charge is -2.09. The van der Waals surface area contributed by atoms with Crippen LogP contribution in [0.3, 0.4) is 0 Å². The van der Waals surface area contributed by atoms with Crippen molar-refractivity contribution in [3.63, 3.8) is 0 Å². The first-order valence-electron chi connectivity index (χ1n) is 7.88. The van der Waals surface area contributed by atoms with Gasteiger partial charge in [-0.25, -0.2) is 4.39 Å². The van der Waals surface area contributed by atoms with Crippen LogP contribution in [0, 0.1) is 18.7 Å². The predicted molar refractivity (Wildman–Crippen MR) is 86.3 cm³/mol. The third-order valence-corrected chi connectivity index (χ3v) is 4.21. The highest BCUT2D eigenvalue weighted by Gasteiger charge is 2.24. The van der Waals surface area contributed by atoms with E-state index in [2.05, 4.69) is 18.2 Å². The van der Waals surface area contributed by atoms with Crippen molar-refractivity contribution < 1.29 is 4.39 Å². The number of benzene rings is 1. The van der Waals surface area contributed by atoms with Gasteiger partial charge < -0.3 is 0 Å². The van der Waals surface area contributed by atoms with Crippen molar-refractivity contribution in [3.8, 4) is 0 Å². The van der Waals surface area contributed by atoms with Gasteiger partial charge in [0.05, 0.1) is 6.54 Å². The summed E-state index contributed by atoms with van der Waals surface area (Å²) in [5.41, 5.74) is 3.99.